The van der Waals surface area contributed by atoms with Crippen molar-refractivity contribution >= 4 is 10.9 Å². The number of aromatic hydroxyl groups is 1. The van der Waals surface area contributed by atoms with Gasteiger partial charge in [-0.2, -0.15) is 0 Å². The minimum absolute atomic E-state index is 0.0216. The fourth-order valence-electron chi connectivity index (χ4n) is 5.15. The van der Waals surface area contributed by atoms with Gasteiger partial charge in [-0.3, -0.25) is 4.98 Å². The maximum Gasteiger partial charge on any atom is 0.125 e. The zero-order chi connectivity index (χ0) is 18.6. The van der Waals surface area contributed by atoms with Crippen molar-refractivity contribution < 1.29 is 9.50 Å². The third kappa shape index (κ3) is 2.71. The molecule has 1 aliphatic carbocycles. The van der Waals surface area contributed by atoms with Crippen LogP contribution in [0.25, 0.3) is 10.9 Å². The monoisotopic (exact) mass is 362 g/mol. The minimum Gasteiger partial charge on any atom is -0.508 e. The third-order valence-electron chi connectivity index (χ3n) is 6.57. The van der Waals surface area contributed by atoms with Gasteiger partial charge in [0.2, 0.25) is 0 Å². The summed E-state index contributed by atoms with van der Waals surface area (Å²) < 4.78 is 13.7. The molecule has 0 spiro atoms. The van der Waals surface area contributed by atoms with E-state index >= 15 is 0 Å². The highest BCUT2D eigenvalue weighted by atomic mass is 19.1. The minimum atomic E-state index is -0.245. The predicted octanol–water partition coefficient (Wildman–Crippen LogP) is 4.07. The summed E-state index contributed by atoms with van der Waals surface area (Å²) in [7, 11) is 2.18. The van der Waals surface area contributed by atoms with Gasteiger partial charge in [0.1, 0.15) is 11.6 Å². The number of aromatic nitrogens is 1. The number of phenolic OH excluding ortho intramolecular Hbond substituents is 1. The Morgan fingerprint density at radius 1 is 1.19 bits per heavy atom. The lowest BCUT2D eigenvalue weighted by Gasteiger charge is -2.50. The first kappa shape index (κ1) is 16.7. The van der Waals surface area contributed by atoms with Gasteiger partial charge >= 0.3 is 0 Å². The summed E-state index contributed by atoms with van der Waals surface area (Å²) in [4.78, 5) is 7.27. The van der Waals surface area contributed by atoms with E-state index in [2.05, 4.69) is 24.1 Å². The standard InChI is InChI=1S/C23H23FN2O/c1-26-8-7-23(17-3-2-4-20(27)11-17)13-22-16(10-18(23)14-26)9-15-5-6-19(24)12-21(15)25-22/h2-6,9,11-12,18,27H,7-8,10,13-14H2,1H3/t18-,23-/m0/s1. The fourth-order valence-corrected chi connectivity index (χ4v) is 5.15. The molecule has 1 aromatic heterocycles. The van der Waals surface area contributed by atoms with Gasteiger partial charge in [0.15, 0.2) is 0 Å². The van der Waals surface area contributed by atoms with E-state index in [0.29, 0.717) is 11.7 Å². The molecule has 138 valence electrons. The predicted molar refractivity (Wildman–Crippen MR) is 104 cm³/mol. The molecule has 0 radical (unpaired) electrons. The Bertz CT molecular complexity index is 1030. The summed E-state index contributed by atoms with van der Waals surface area (Å²) in [6.45, 7) is 2.07. The van der Waals surface area contributed by atoms with Crippen molar-refractivity contribution in [2.24, 2.45) is 5.92 Å². The number of nitrogens with zero attached hydrogens (tertiary/aromatic N) is 2. The van der Waals surface area contributed by atoms with Gasteiger partial charge in [-0.05, 0) is 73.8 Å². The van der Waals surface area contributed by atoms with Crippen molar-refractivity contribution in [3.05, 3.63) is 71.2 Å². The summed E-state index contributed by atoms with van der Waals surface area (Å²) in [6.07, 6.45) is 2.85. The van der Waals surface area contributed by atoms with Crippen molar-refractivity contribution in [1.82, 2.24) is 9.88 Å². The van der Waals surface area contributed by atoms with Gasteiger partial charge in [0, 0.05) is 35.5 Å². The summed E-state index contributed by atoms with van der Waals surface area (Å²) in [5, 5.41) is 11.1. The molecule has 5 rings (SSSR count). The number of fused-ring (bicyclic) bond motifs is 3. The second-order valence-electron chi connectivity index (χ2n) is 8.23. The van der Waals surface area contributed by atoms with Gasteiger partial charge in [-0.25, -0.2) is 4.39 Å². The van der Waals surface area contributed by atoms with E-state index in [1.165, 1.54) is 23.3 Å². The van der Waals surface area contributed by atoms with Crippen LogP contribution in [0.4, 0.5) is 4.39 Å². The van der Waals surface area contributed by atoms with Crippen LogP contribution < -0.4 is 0 Å². The van der Waals surface area contributed by atoms with E-state index in [4.69, 9.17) is 4.98 Å². The Morgan fingerprint density at radius 2 is 2.07 bits per heavy atom. The van der Waals surface area contributed by atoms with Gasteiger partial charge < -0.3 is 10.0 Å². The molecule has 0 bridgehead atoms. The average Bonchev–Trinajstić information content (AvgIpc) is 2.65. The lowest BCUT2D eigenvalue weighted by atomic mass is 9.58. The molecule has 1 fully saturated rings. The number of halogens is 1. The highest BCUT2D eigenvalue weighted by molar-refractivity contribution is 5.79. The first-order chi connectivity index (χ1) is 13.0. The molecule has 2 atom stereocenters. The normalized spacial score (nSPS) is 25.2. The SMILES string of the molecule is CN1CC[C@@]2(c3cccc(O)c3)Cc3nc4cc(F)ccc4cc3C[C@H]2C1. The maximum absolute atomic E-state index is 13.7. The maximum atomic E-state index is 13.7. The fraction of sp³-hybridized carbons (Fsp3) is 0.348. The average molecular weight is 362 g/mol. The molecule has 1 N–H and O–H groups in total. The molecular weight excluding hydrogens is 339 g/mol. The molecule has 27 heavy (non-hydrogen) atoms. The van der Waals surface area contributed by atoms with Crippen LogP contribution in [0.3, 0.4) is 0 Å². The van der Waals surface area contributed by atoms with Gasteiger partial charge in [0.05, 0.1) is 5.52 Å². The third-order valence-corrected chi connectivity index (χ3v) is 6.57. The molecule has 1 aliphatic heterocycles. The number of benzene rings is 2. The molecular formula is C23H23FN2O. The Kier molecular flexibility index (Phi) is 3.73. The quantitative estimate of drug-likeness (QED) is 0.709. The molecule has 0 saturated carbocycles. The molecule has 0 unspecified atom stereocenters. The Balaban J connectivity index is 1.66. The van der Waals surface area contributed by atoms with E-state index in [1.54, 1.807) is 6.07 Å². The summed E-state index contributed by atoms with van der Waals surface area (Å²) >= 11 is 0. The first-order valence-electron chi connectivity index (χ1n) is 9.60. The molecule has 2 heterocycles. The van der Waals surface area contributed by atoms with Gasteiger partial charge in [0.25, 0.3) is 0 Å². The van der Waals surface area contributed by atoms with Crippen molar-refractivity contribution in [3.8, 4) is 5.75 Å². The number of piperidine rings is 1. The summed E-state index contributed by atoms with van der Waals surface area (Å²) in [6, 6.07) is 14.8. The molecule has 1 saturated heterocycles. The van der Waals surface area contributed by atoms with Crippen LogP contribution in [0.1, 0.15) is 23.2 Å². The first-order valence-corrected chi connectivity index (χ1v) is 9.60. The van der Waals surface area contributed by atoms with E-state index in [0.717, 1.165) is 48.9 Å². The van der Waals surface area contributed by atoms with Crippen LogP contribution in [-0.2, 0) is 18.3 Å². The second-order valence-corrected chi connectivity index (χ2v) is 8.23. The second kappa shape index (κ2) is 6.03. The Labute approximate surface area is 158 Å². The van der Waals surface area contributed by atoms with Crippen LogP contribution in [0.2, 0.25) is 0 Å². The lowest BCUT2D eigenvalue weighted by molar-refractivity contribution is 0.0987. The van der Waals surface area contributed by atoms with E-state index < -0.39 is 0 Å². The molecule has 3 nitrogen and oxygen atoms in total. The zero-order valence-corrected chi connectivity index (χ0v) is 15.5. The van der Waals surface area contributed by atoms with Crippen LogP contribution >= 0.6 is 0 Å². The highest BCUT2D eigenvalue weighted by Gasteiger charge is 2.47. The van der Waals surface area contributed by atoms with E-state index in [9.17, 15) is 9.50 Å². The molecule has 2 aliphatic rings. The highest BCUT2D eigenvalue weighted by Crippen LogP contribution is 2.48. The number of pyridine rings is 1. The smallest absolute Gasteiger partial charge is 0.125 e. The zero-order valence-electron chi connectivity index (χ0n) is 15.5. The van der Waals surface area contributed by atoms with Crippen molar-refractivity contribution in [2.75, 3.05) is 20.1 Å². The van der Waals surface area contributed by atoms with Gasteiger partial charge in [-0.1, -0.05) is 12.1 Å². The lowest BCUT2D eigenvalue weighted by Crippen LogP contribution is -2.53. The number of likely N-dealkylation sites (tertiary alicyclic amines) is 1. The van der Waals surface area contributed by atoms with E-state index in [-0.39, 0.29) is 11.2 Å². The molecule has 4 heteroatoms. The van der Waals surface area contributed by atoms with Gasteiger partial charge in [-0.15, -0.1) is 0 Å². The number of hydrogen-bond donors (Lipinski definition) is 1. The molecule has 0 amide bonds. The van der Waals surface area contributed by atoms with Crippen LogP contribution in [-0.4, -0.2) is 35.1 Å². The summed E-state index contributed by atoms with van der Waals surface area (Å²) in [5.41, 5.74) is 4.27. The number of rotatable bonds is 1. The molecule has 2 aromatic carbocycles. The topological polar surface area (TPSA) is 36.4 Å². The van der Waals surface area contributed by atoms with Crippen LogP contribution in [0.15, 0.2) is 48.5 Å². The van der Waals surface area contributed by atoms with Crippen LogP contribution in [0.5, 0.6) is 5.75 Å². The number of phenols is 1. The summed E-state index contributed by atoms with van der Waals surface area (Å²) in [5.74, 6) is 0.551. The van der Waals surface area contributed by atoms with Crippen LogP contribution in [0, 0.1) is 11.7 Å². The largest absolute Gasteiger partial charge is 0.508 e. The Morgan fingerprint density at radius 3 is 2.93 bits per heavy atom. The number of hydrogen-bond acceptors (Lipinski definition) is 3. The van der Waals surface area contributed by atoms with Crippen molar-refractivity contribution in [1.29, 1.82) is 0 Å². The molecule has 3 aromatic rings. The Hall–Kier alpha value is -2.46. The van der Waals surface area contributed by atoms with Crippen molar-refractivity contribution in [3.63, 3.8) is 0 Å². The van der Waals surface area contributed by atoms with Crippen molar-refractivity contribution in [2.45, 2.75) is 24.7 Å². The van der Waals surface area contributed by atoms with E-state index in [1.807, 2.05) is 18.2 Å².